The van der Waals surface area contributed by atoms with Gasteiger partial charge in [-0.05, 0) is 42.2 Å². The Morgan fingerprint density at radius 2 is 2.00 bits per heavy atom. The van der Waals surface area contributed by atoms with Crippen LogP contribution < -0.4 is 10.1 Å². The molecule has 3 nitrogen and oxygen atoms in total. The number of ether oxygens (including phenoxy) is 1. The van der Waals surface area contributed by atoms with Crippen molar-refractivity contribution in [1.82, 2.24) is 5.32 Å². The second-order valence-corrected chi connectivity index (χ2v) is 7.50. The van der Waals surface area contributed by atoms with Crippen molar-refractivity contribution in [1.29, 1.82) is 0 Å². The molecule has 2 aromatic carbocycles. The molecule has 1 heterocycles. The third-order valence-corrected chi connectivity index (χ3v) is 5.74. The zero-order valence-corrected chi connectivity index (χ0v) is 15.6. The summed E-state index contributed by atoms with van der Waals surface area (Å²) < 4.78 is 6.38. The predicted octanol–water partition coefficient (Wildman–Crippen LogP) is 5.22. The average Bonchev–Trinajstić information content (AvgIpc) is 2.97. The van der Waals surface area contributed by atoms with Crippen LogP contribution in [0.4, 0.5) is 0 Å². The van der Waals surface area contributed by atoms with Crippen LogP contribution in [0.15, 0.2) is 47.4 Å². The molecule has 124 valence electrons. The lowest BCUT2D eigenvalue weighted by Gasteiger charge is -2.06. The Morgan fingerprint density at radius 3 is 2.67 bits per heavy atom. The van der Waals surface area contributed by atoms with Gasteiger partial charge >= 0.3 is 0 Å². The molecule has 1 amide bonds. The van der Waals surface area contributed by atoms with Crippen LogP contribution in [0.3, 0.4) is 0 Å². The minimum atomic E-state index is -0.141. The van der Waals surface area contributed by atoms with Gasteiger partial charge in [0.2, 0.25) is 0 Å². The number of benzene rings is 2. The molecule has 0 aliphatic carbocycles. The topological polar surface area (TPSA) is 38.3 Å². The van der Waals surface area contributed by atoms with Crippen LogP contribution in [0.1, 0.15) is 15.2 Å². The SMILES string of the molecule is COc1c(C(=O)NCc2ccc(SC)cc2)sc2cc(Cl)ccc12. The van der Waals surface area contributed by atoms with Gasteiger partial charge in [-0.15, -0.1) is 23.1 Å². The molecule has 24 heavy (non-hydrogen) atoms. The molecule has 0 aliphatic heterocycles. The van der Waals surface area contributed by atoms with Crippen molar-refractivity contribution in [3.63, 3.8) is 0 Å². The van der Waals surface area contributed by atoms with Crippen molar-refractivity contribution in [2.45, 2.75) is 11.4 Å². The van der Waals surface area contributed by atoms with E-state index in [-0.39, 0.29) is 5.91 Å². The highest BCUT2D eigenvalue weighted by atomic mass is 35.5. The van der Waals surface area contributed by atoms with E-state index in [1.54, 1.807) is 24.9 Å². The average molecular weight is 378 g/mol. The molecule has 0 aliphatic rings. The van der Waals surface area contributed by atoms with Gasteiger partial charge in [0, 0.05) is 26.5 Å². The number of hydrogen-bond donors (Lipinski definition) is 1. The van der Waals surface area contributed by atoms with Crippen LogP contribution in [0, 0.1) is 0 Å². The first-order valence-corrected chi connectivity index (χ1v) is 9.71. The smallest absolute Gasteiger partial charge is 0.265 e. The number of thiophene rings is 1. The number of carbonyl (C=O) groups is 1. The Hall–Kier alpha value is -1.69. The summed E-state index contributed by atoms with van der Waals surface area (Å²) >= 11 is 9.11. The molecule has 1 N–H and O–H groups in total. The van der Waals surface area contributed by atoms with Crippen molar-refractivity contribution in [2.75, 3.05) is 13.4 Å². The highest BCUT2D eigenvalue weighted by Gasteiger charge is 2.19. The molecule has 0 bridgehead atoms. The zero-order chi connectivity index (χ0) is 17.1. The molecule has 3 aromatic rings. The third-order valence-electron chi connectivity index (χ3n) is 3.63. The van der Waals surface area contributed by atoms with E-state index in [0.717, 1.165) is 15.6 Å². The molecule has 0 unspecified atom stereocenters. The van der Waals surface area contributed by atoms with Crippen LogP contribution in [0.25, 0.3) is 10.1 Å². The number of rotatable bonds is 5. The van der Waals surface area contributed by atoms with E-state index in [1.165, 1.54) is 16.2 Å². The summed E-state index contributed by atoms with van der Waals surface area (Å²) in [6, 6.07) is 13.7. The standard InChI is InChI=1S/C18H16ClNO2S2/c1-22-16-14-8-5-12(19)9-15(14)24-17(16)18(21)20-10-11-3-6-13(23-2)7-4-11/h3-9H,10H2,1-2H3,(H,20,21). The van der Waals surface area contributed by atoms with Crippen molar-refractivity contribution >= 4 is 50.7 Å². The highest BCUT2D eigenvalue weighted by molar-refractivity contribution is 7.98. The molecular formula is C18H16ClNO2S2. The molecule has 0 saturated carbocycles. The first-order chi connectivity index (χ1) is 11.6. The first kappa shape index (κ1) is 17.1. The van der Waals surface area contributed by atoms with Crippen molar-refractivity contribution in [3.8, 4) is 5.75 Å². The summed E-state index contributed by atoms with van der Waals surface area (Å²) in [7, 11) is 1.58. The number of amides is 1. The maximum absolute atomic E-state index is 12.6. The van der Waals surface area contributed by atoms with Crippen molar-refractivity contribution < 1.29 is 9.53 Å². The molecule has 0 saturated heterocycles. The Kier molecular flexibility index (Phi) is 5.33. The van der Waals surface area contributed by atoms with Gasteiger partial charge in [-0.2, -0.15) is 0 Å². The summed E-state index contributed by atoms with van der Waals surface area (Å²) in [4.78, 5) is 14.3. The molecular weight excluding hydrogens is 362 g/mol. The number of hydrogen-bond acceptors (Lipinski definition) is 4. The van der Waals surface area contributed by atoms with E-state index in [4.69, 9.17) is 16.3 Å². The summed E-state index contributed by atoms with van der Waals surface area (Å²) in [6.07, 6.45) is 2.04. The van der Waals surface area contributed by atoms with E-state index >= 15 is 0 Å². The van der Waals surface area contributed by atoms with Crippen LogP contribution >= 0.6 is 34.7 Å². The van der Waals surface area contributed by atoms with Gasteiger partial charge in [-0.3, -0.25) is 4.79 Å². The fourth-order valence-corrected chi connectivity index (χ4v) is 4.18. The maximum atomic E-state index is 12.6. The van der Waals surface area contributed by atoms with Gasteiger partial charge in [-0.1, -0.05) is 23.7 Å². The van der Waals surface area contributed by atoms with Crippen LogP contribution in [-0.2, 0) is 6.54 Å². The fraction of sp³-hybridized carbons (Fsp3) is 0.167. The van der Waals surface area contributed by atoms with Gasteiger partial charge in [0.15, 0.2) is 0 Å². The Morgan fingerprint density at radius 1 is 1.25 bits per heavy atom. The Labute approximate surface area is 154 Å². The minimum Gasteiger partial charge on any atom is -0.494 e. The zero-order valence-electron chi connectivity index (χ0n) is 13.3. The number of thioether (sulfide) groups is 1. The van der Waals surface area contributed by atoms with Gasteiger partial charge in [-0.25, -0.2) is 0 Å². The minimum absolute atomic E-state index is 0.141. The highest BCUT2D eigenvalue weighted by Crippen LogP contribution is 2.38. The Bertz CT molecular complexity index is 875. The molecule has 6 heteroatoms. The second kappa shape index (κ2) is 7.47. The predicted molar refractivity (Wildman–Crippen MR) is 103 cm³/mol. The molecule has 0 fully saturated rings. The molecule has 3 rings (SSSR count). The largest absolute Gasteiger partial charge is 0.494 e. The maximum Gasteiger partial charge on any atom is 0.265 e. The van der Waals surface area contributed by atoms with Crippen LogP contribution in [0.2, 0.25) is 5.02 Å². The van der Waals surface area contributed by atoms with Gasteiger partial charge in [0.1, 0.15) is 10.6 Å². The number of halogens is 1. The monoisotopic (exact) mass is 377 g/mol. The normalized spacial score (nSPS) is 10.8. The lowest BCUT2D eigenvalue weighted by atomic mass is 10.2. The van der Waals surface area contributed by atoms with Crippen molar-refractivity contribution in [2.24, 2.45) is 0 Å². The van der Waals surface area contributed by atoms with E-state index in [1.807, 2.05) is 42.7 Å². The lowest BCUT2D eigenvalue weighted by Crippen LogP contribution is -2.22. The van der Waals surface area contributed by atoms with Crippen LogP contribution in [0.5, 0.6) is 5.75 Å². The van der Waals surface area contributed by atoms with E-state index in [9.17, 15) is 4.79 Å². The Balaban J connectivity index is 1.80. The van der Waals surface area contributed by atoms with E-state index in [2.05, 4.69) is 5.32 Å². The first-order valence-electron chi connectivity index (χ1n) is 7.29. The number of fused-ring (bicyclic) bond motifs is 1. The number of methoxy groups -OCH3 is 1. The fourth-order valence-electron chi connectivity index (χ4n) is 2.40. The summed E-state index contributed by atoms with van der Waals surface area (Å²) in [5.41, 5.74) is 1.06. The van der Waals surface area contributed by atoms with E-state index in [0.29, 0.717) is 22.2 Å². The summed E-state index contributed by atoms with van der Waals surface area (Å²) in [6.45, 7) is 0.478. The van der Waals surface area contributed by atoms with E-state index < -0.39 is 0 Å². The quantitative estimate of drug-likeness (QED) is 0.620. The number of nitrogens with one attached hydrogen (secondary N) is 1. The summed E-state index contributed by atoms with van der Waals surface area (Å²) in [5, 5.41) is 4.50. The molecule has 1 aromatic heterocycles. The molecule has 0 spiro atoms. The van der Waals surface area contributed by atoms with Crippen molar-refractivity contribution in [3.05, 3.63) is 57.9 Å². The molecule has 0 atom stereocenters. The van der Waals surface area contributed by atoms with Gasteiger partial charge in [0.25, 0.3) is 5.91 Å². The third kappa shape index (κ3) is 3.53. The molecule has 0 radical (unpaired) electrons. The van der Waals surface area contributed by atoms with Gasteiger partial charge in [0.05, 0.1) is 7.11 Å². The van der Waals surface area contributed by atoms with Crippen LogP contribution in [-0.4, -0.2) is 19.3 Å². The van der Waals surface area contributed by atoms with Gasteiger partial charge < -0.3 is 10.1 Å². The number of carbonyl (C=O) groups excluding carboxylic acids is 1. The lowest BCUT2D eigenvalue weighted by molar-refractivity contribution is 0.0952. The summed E-state index contributed by atoms with van der Waals surface area (Å²) in [5.74, 6) is 0.458. The second-order valence-electron chi connectivity index (χ2n) is 5.14.